The van der Waals surface area contributed by atoms with Crippen LogP contribution < -0.4 is 10.6 Å². The Balaban J connectivity index is 1.73. The molecule has 0 spiro atoms. The van der Waals surface area contributed by atoms with Gasteiger partial charge in [-0.1, -0.05) is 28.1 Å². The summed E-state index contributed by atoms with van der Waals surface area (Å²) in [5.41, 5.74) is 1.67. The van der Waals surface area contributed by atoms with E-state index in [2.05, 4.69) is 26.6 Å². The molecule has 5 heteroatoms. The minimum atomic E-state index is -0.237. The second-order valence-corrected chi connectivity index (χ2v) is 6.21. The summed E-state index contributed by atoms with van der Waals surface area (Å²) in [5, 5.41) is 5.73. The third-order valence-electron chi connectivity index (χ3n) is 3.38. The van der Waals surface area contributed by atoms with E-state index in [0.29, 0.717) is 22.9 Å². The number of hydrogen-bond donors (Lipinski definition) is 2. The van der Waals surface area contributed by atoms with Crippen molar-refractivity contribution in [2.75, 3.05) is 5.32 Å². The third kappa shape index (κ3) is 3.74. The molecule has 0 saturated heterocycles. The Morgan fingerprint density at radius 2 is 1.64 bits per heavy atom. The SMILES string of the molecule is O=C(Nc1cccc(Br)c1)c1cccc(C(=O)NC2CC2)c1. The van der Waals surface area contributed by atoms with E-state index in [-0.39, 0.29) is 11.8 Å². The summed E-state index contributed by atoms with van der Waals surface area (Å²) in [6.07, 6.45) is 2.07. The largest absolute Gasteiger partial charge is 0.349 e. The van der Waals surface area contributed by atoms with Crippen LogP contribution in [0.1, 0.15) is 33.6 Å². The molecule has 3 rings (SSSR count). The predicted octanol–water partition coefficient (Wildman–Crippen LogP) is 3.59. The normalized spacial score (nSPS) is 13.5. The van der Waals surface area contributed by atoms with Gasteiger partial charge >= 0.3 is 0 Å². The van der Waals surface area contributed by atoms with Gasteiger partial charge in [-0.15, -0.1) is 0 Å². The van der Waals surface area contributed by atoms with Crippen molar-refractivity contribution < 1.29 is 9.59 Å². The number of anilines is 1. The van der Waals surface area contributed by atoms with E-state index in [0.717, 1.165) is 17.3 Å². The van der Waals surface area contributed by atoms with Gasteiger partial charge in [0.05, 0.1) is 0 Å². The zero-order valence-corrected chi connectivity index (χ0v) is 13.4. The van der Waals surface area contributed by atoms with E-state index >= 15 is 0 Å². The average molecular weight is 359 g/mol. The second-order valence-electron chi connectivity index (χ2n) is 5.29. The maximum absolute atomic E-state index is 12.3. The highest BCUT2D eigenvalue weighted by atomic mass is 79.9. The zero-order valence-electron chi connectivity index (χ0n) is 11.8. The van der Waals surface area contributed by atoms with Crippen LogP contribution >= 0.6 is 15.9 Å². The Kier molecular flexibility index (Phi) is 4.24. The summed E-state index contributed by atoms with van der Waals surface area (Å²) >= 11 is 3.36. The third-order valence-corrected chi connectivity index (χ3v) is 3.88. The fourth-order valence-corrected chi connectivity index (χ4v) is 2.47. The molecule has 2 aromatic carbocycles. The fraction of sp³-hybridized carbons (Fsp3) is 0.176. The van der Waals surface area contributed by atoms with Crippen LogP contribution in [-0.2, 0) is 0 Å². The van der Waals surface area contributed by atoms with Crippen molar-refractivity contribution in [1.82, 2.24) is 5.32 Å². The van der Waals surface area contributed by atoms with E-state index in [9.17, 15) is 9.59 Å². The first-order valence-corrected chi connectivity index (χ1v) is 7.89. The van der Waals surface area contributed by atoms with Gasteiger partial charge in [0.15, 0.2) is 0 Å². The highest BCUT2D eigenvalue weighted by Gasteiger charge is 2.24. The molecule has 22 heavy (non-hydrogen) atoms. The van der Waals surface area contributed by atoms with Gasteiger partial charge in [-0.3, -0.25) is 9.59 Å². The predicted molar refractivity (Wildman–Crippen MR) is 89.0 cm³/mol. The maximum Gasteiger partial charge on any atom is 0.255 e. The molecule has 0 aromatic heterocycles. The Bertz CT molecular complexity index is 726. The molecule has 112 valence electrons. The van der Waals surface area contributed by atoms with Gasteiger partial charge in [-0.05, 0) is 49.2 Å². The highest BCUT2D eigenvalue weighted by Crippen LogP contribution is 2.20. The molecular formula is C17H15BrN2O2. The maximum atomic E-state index is 12.3. The van der Waals surface area contributed by atoms with Gasteiger partial charge in [0, 0.05) is 27.3 Å². The van der Waals surface area contributed by atoms with Gasteiger partial charge < -0.3 is 10.6 Å². The fourth-order valence-electron chi connectivity index (χ4n) is 2.07. The number of rotatable bonds is 4. The lowest BCUT2D eigenvalue weighted by Gasteiger charge is -2.08. The van der Waals surface area contributed by atoms with Crippen molar-refractivity contribution in [2.45, 2.75) is 18.9 Å². The molecule has 4 nitrogen and oxygen atoms in total. The molecule has 0 radical (unpaired) electrons. The lowest BCUT2D eigenvalue weighted by Crippen LogP contribution is -2.25. The smallest absolute Gasteiger partial charge is 0.255 e. The summed E-state index contributed by atoms with van der Waals surface area (Å²) in [4.78, 5) is 24.3. The van der Waals surface area contributed by atoms with Crippen molar-refractivity contribution in [3.05, 3.63) is 64.1 Å². The monoisotopic (exact) mass is 358 g/mol. The summed E-state index contributed by atoms with van der Waals surface area (Å²) in [5.74, 6) is -0.362. The van der Waals surface area contributed by atoms with E-state index in [1.165, 1.54) is 0 Å². The number of benzene rings is 2. The van der Waals surface area contributed by atoms with Gasteiger partial charge in [0.1, 0.15) is 0 Å². The van der Waals surface area contributed by atoms with Gasteiger partial charge in [0.25, 0.3) is 11.8 Å². The Labute approximate surface area is 137 Å². The lowest BCUT2D eigenvalue weighted by atomic mass is 10.1. The van der Waals surface area contributed by atoms with Crippen LogP contribution in [0.4, 0.5) is 5.69 Å². The van der Waals surface area contributed by atoms with Crippen molar-refractivity contribution in [3.8, 4) is 0 Å². The quantitative estimate of drug-likeness (QED) is 0.877. The highest BCUT2D eigenvalue weighted by molar-refractivity contribution is 9.10. The van der Waals surface area contributed by atoms with Gasteiger partial charge in [0.2, 0.25) is 0 Å². The van der Waals surface area contributed by atoms with Crippen LogP contribution in [0, 0.1) is 0 Å². The first-order valence-electron chi connectivity index (χ1n) is 7.10. The van der Waals surface area contributed by atoms with Crippen molar-refractivity contribution >= 4 is 33.4 Å². The van der Waals surface area contributed by atoms with E-state index in [1.54, 1.807) is 24.3 Å². The van der Waals surface area contributed by atoms with Crippen LogP contribution in [0.15, 0.2) is 53.0 Å². The lowest BCUT2D eigenvalue weighted by molar-refractivity contribution is 0.0951. The Hall–Kier alpha value is -2.14. The first kappa shape index (κ1) is 14.8. The first-order chi connectivity index (χ1) is 10.6. The number of nitrogens with one attached hydrogen (secondary N) is 2. The number of amides is 2. The molecule has 2 aromatic rings. The van der Waals surface area contributed by atoms with Crippen LogP contribution in [0.25, 0.3) is 0 Å². The molecule has 0 atom stereocenters. The second kappa shape index (κ2) is 6.32. The van der Waals surface area contributed by atoms with Crippen LogP contribution in [-0.4, -0.2) is 17.9 Å². The molecule has 1 fully saturated rings. The zero-order chi connectivity index (χ0) is 15.5. The van der Waals surface area contributed by atoms with Crippen molar-refractivity contribution in [2.24, 2.45) is 0 Å². The summed E-state index contributed by atoms with van der Waals surface area (Å²) in [6, 6.07) is 14.4. The number of carbonyl (C=O) groups is 2. The van der Waals surface area contributed by atoms with Crippen LogP contribution in [0.5, 0.6) is 0 Å². The molecule has 1 aliphatic carbocycles. The Morgan fingerprint density at radius 1 is 0.955 bits per heavy atom. The minimum absolute atomic E-state index is 0.125. The molecule has 0 heterocycles. The minimum Gasteiger partial charge on any atom is -0.349 e. The van der Waals surface area contributed by atoms with Crippen LogP contribution in [0.2, 0.25) is 0 Å². The van der Waals surface area contributed by atoms with Crippen molar-refractivity contribution in [3.63, 3.8) is 0 Å². The van der Waals surface area contributed by atoms with Crippen LogP contribution in [0.3, 0.4) is 0 Å². The molecule has 1 saturated carbocycles. The van der Waals surface area contributed by atoms with E-state index < -0.39 is 0 Å². The molecule has 1 aliphatic rings. The Morgan fingerprint density at radius 3 is 2.32 bits per heavy atom. The average Bonchev–Trinajstić information content (AvgIpc) is 3.31. The summed E-state index contributed by atoms with van der Waals surface area (Å²) < 4.78 is 0.892. The summed E-state index contributed by atoms with van der Waals surface area (Å²) in [7, 11) is 0. The molecule has 0 unspecified atom stereocenters. The molecule has 0 aliphatic heterocycles. The molecule has 0 bridgehead atoms. The van der Waals surface area contributed by atoms with E-state index in [1.807, 2.05) is 24.3 Å². The number of halogens is 1. The molecular weight excluding hydrogens is 344 g/mol. The summed E-state index contributed by atoms with van der Waals surface area (Å²) in [6.45, 7) is 0. The number of carbonyl (C=O) groups excluding carboxylic acids is 2. The van der Waals surface area contributed by atoms with E-state index in [4.69, 9.17) is 0 Å². The van der Waals surface area contributed by atoms with Crippen molar-refractivity contribution in [1.29, 1.82) is 0 Å². The topological polar surface area (TPSA) is 58.2 Å². The number of hydrogen-bond acceptors (Lipinski definition) is 2. The molecule has 2 N–H and O–H groups in total. The molecule has 2 amide bonds. The van der Waals surface area contributed by atoms with Gasteiger partial charge in [-0.25, -0.2) is 0 Å². The van der Waals surface area contributed by atoms with Gasteiger partial charge in [-0.2, -0.15) is 0 Å². The standard InChI is InChI=1S/C17H15BrN2O2/c18-13-5-2-6-15(10-13)20-17(22)12-4-1-3-11(9-12)16(21)19-14-7-8-14/h1-6,9-10,14H,7-8H2,(H,19,21)(H,20,22).